The summed E-state index contributed by atoms with van der Waals surface area (Å²) in [6.45, 7) is 6.30. The number of hydrogen-bond donors (Lipinski definition) is 1. The molecule has 0 aliphatic carbocycles. The van der Waals surface area contributed by atoms with Crippen LogP contribution in [0, 0.1) is 0 Å². The van der Waals surface area contributed by atoms with Crippen LogP contribution in [0.15, 0.2) is 59.6 Å². The van der Waals surface area contributed by atoms with Crippen LogP contribution >= 0.6 is 0 Å². The number of likely N-dealkylation sites (tertiary alicyclic amines) is 1. The van der Waals surface area contributed by atoms with Gasteiger partial charge in [0.05, 0.1) is 26.4 Å². The van der Waals surface area contributed by atoms with E-state index in [0.717, 1.165) is 64.1 Å². The lowest BCUT2D eigenvalue weighted by atomic mass is 9.99. The number of ether oxygens (including phenoxy) is 2. The van der Waals surface area contributed by atoms with Crippen molar-refractivity contribution in [2.45, 2.75) is 18.4 Å². The van der Waals surface area contributed by atoms with Gasteiger partial charge in [0.2, 0.25) is 0 Å². The Hall–Kier alpha value is -2.57. The Kier molecular flexibility index (Phi) is 7.43. The Labute approximate surface area is 185 Å². The number of nitrogens with one attached hydrogen (secondary N) is 1. The Balaban J connectivity index is 1.42. The largest absolute Gasteiger partial charge is 0.497 e. The molecule has 0 aromatic heterocycles. The SMILES string of the molecule is CN=C(NCC(c1ccc(OC)cc1)N1CCOCC1)N1CCC(c2ccccc2)C1. The number of methoxy groups -OCH3 is 1. The highest BCUT2D eigenvalue weighted by Gasteiger charge is 2.28. The first-order chi connectivity index (χ1) is 15.3. The van der Waals surface area contributed by atoms with Crippen molar-refractivity contribution in [2.24, 2.45) is 4.99 Å². The van der Waals surface area contributed by atoms with Gasteiger partial charge in [0.15, 0.2) is 5.96 Å². The van der Waals surface area contributed by atoms with Crippen LogP contribution in [0.2, 0.25) is 0 Å². The molecule has 0 radical (unpaired) electrons. The third-order valence-electron chi connectivity index (χ3n) is 6.41. The predicted octanol–water partition coefficient (Wildman–Crippen LogP) is 3.13. The molecule has 0 bridgehead atoms. The molecule has 2 heterocycles. The van der Waals surface area contributed by atoms with E-state index in [1.165, 1.54) is 11.1 Å². The minimum absolute atomic E-state index is 0.263. The second kappa shape index (κ2) is 10.6. The third kappa shape index (κ3) is 5.38. The molecule has 6 heteroatoms. The molecule has 0 saturated carbocycles. The molecule has 2 aliphatic rings. The lowest BCUT2D eigenvalue weighted by molar-refractivity contribution is 0.0169. The van der Waals surface area contributed by atoms with E-state index in [4.69, 9.17) is 9.47 Å². The zero-order valence-corrected chi connectivity index (χ0v) is 18.7. The first kappa shape index (κ1) is 21.7. The standard InChI is InChI=1S/C25H34N4O2/c1-26-25(29-13-12-22(19-29)20-6-4-3-5-7-20)27-18-24(28-14-16-31-17-15-28)21-8-10-23(30-2)11-9-21/h3-11,22,24H,12-19H2,1-2H3,(H,26,27). The number of guanidine groups is 1. The molecule has 4 rings (SSSR count). The normalized spacial score (nSPS) is 21.2. The monoisotopic (exact) mass is 422 g/mol. The van der Waals surface area contributed by atoms with Crippen molar-refractivity contribution < 1.29 is 9.47 Å². The van der Waals surface area contributed by atoms with E-state index in [1.54, 1.807) is 7.11 Å². The molecule has 2 aromatic carbocycles. The second-order valence-corrected chi connectivity index (χ2v) is 8.21. The molecular formula is C25H34N4O2. The fraction of sp³-hybridized carbons (Fsp3) is 0.480. The number of morpholine rings is 1. The van der Waals surface area contributed by atoms with E-state index in [2.05, 4.69) is 62.6 Å². The van der Waals surface area contributed by atoms with Crippen LogP contribution in [0.4, 0.5) is 0 Å². The minimum atomic E-state index is 0.263. The number of hydrogen-bond acceptors (Lipinski definition) is 4. The highest BCUT2D eigenvalue weighted by atomic mass is 16.5. The highest BCUT2D eigenvalue weighted by molar-refractivity contribution is 5.80. The lowest BCUT2D eigenvalue weighted by Gasteiger charge is -2.35. The Morgan fingerprint density at radius 1 is 1.10 bits per heavy atom. The van der Waals surface area contributed by atoms with Gasteiger partial charge in [-0.05, 0) is 29.7 Å². The summed E-state index contributed by atoms with van der Waals surface area (Å²) < 4.78 is 10.9. The van der Waals surface area contributed by atoms with Gasteiger partial charge in [-0.3, -0.25) is 9.89 Å². The third-order valence-corrected chi connectivity index (χ3v) is 6.41. The van der Waals surface area contributed by atoms with Gasteiger partial charge in [0.1, 0.15) is 5.75 Å². The first-order valence-electron chi connectivity index (χ1n) is 11.2. The van der Waals surface area contributed by atoms with E-state index in [9.17, 15) is 0 Å². The molecule has 2 unspecified atom stereocenters. The summed E-state index contributed by atoms with van der Waals surface area (Å²) in [5.74, 6) is 2.44. The van der Waals surface area contributed by atoms with Gasteiger partial charge in [-0.25, -0.2) is 0 Å². The summed E-state index contributed by atoms with van der Waals surface area (Å²) in [4.78, 5) is 9.50. The van der Waals surface area contributed by atoms with Gasteiger partial charge in [-0.2, -0.15) is 0 Å². The van der Waals surface area contributed by atoms with Crippen LogP contribution in [0.3, 0.4) is 0 Å². The zero-order chi connectivity index (χ0) is 21.5. The van der Waals surface area contributed by atoms with Crippen LogP contribution < -0.4 is 10.1 Å². The first-order valence-corrected chi connectivity index (χ1v) is 11.2. The van der Waals surface area contributed by atoms with Gasteiger partial charge in [-0.1, -0.05) is 42.5 Å². The van der Waals surface area contributed by atoms with E-state index in [0.29, 0.717) is 5.92 Å². The van der Waals surface area contributed by atoms with Crippen molar-refractivity contribution >= 4 is 5.96 Å². The van der Waals surface area contributed by atoms with Gasteiger partial charge < -0.3 is 19.7 Å². The van der Waals surface area contributed by atoms with Gasteiger partial charge in [0.25, 0.3) is 0 Å². The predicted molar refractivity (Wildman–Crippen MR) is 125 cm³/mol. The molecule has 2 fully saturated rings. The number of nitrogens with zero attached hydrogens (tertiary/aromatic N) is 3. The van der Waals surface area contributed by atoms with E-state index < -0.39 is 0 Å². The Morgan fingerprint density at radius 3 is 2.52 bits per heavy atom. The van der Waals surface area contributed by atoms with Crippen molar-refractivity contribution in [1.29, 1.82) is 0 Å². The van der Waals surface area contributed by atoms with E-state index in [-0.39, 0.29) is 6.04 Å². The summed E-state index contributed by atoms with van der Waals surface area (Å²) in [5.41, 5.74) is 2.71. The molecule has 0 amide bonds. The summed E-state index contributed by atoms with van der Waals surface area (Å²) in [5, 5.41) is 3.67. The van der Waals surface area contributed by atoms with E-state index >= 15 is 0 Å². The van der Waals surface area contributed by atoms with Crippen LogP contribution in [-0.4, -0.2) is 75.9 Å². The van der Waals surface area contributed by atoms with Crippen molar-refractivity contribution in [2.75, 3.05) is 60.1 Å². The van der Waals surface area contributed by atoms with Crippen molar-refractivity contribution in [1.82, 2.24) is 15.1 Å². The number of aliphatic imine (C=N–C) groups is 1. The maximum absolute atomic E-state index is 5.59. The summed E-state index contributed by atoms with van der Waals surface area (Å²) in [6.07, 6.45) is 1.16. The molecule has 1 N–H and O–H groups in total. The molecule has 2 saturated heterocycles. The summed E-state index contributed by atoms with van der Waals surface area (Å²) in [6, 6.07) is 19.5. The molecule has 2 aliphatic heterocycles. The van der Waals surface area contributed by atoms with Crippen molar-refractivity contribution in [3.05, 3.63) is 65.7 Å². The molecule has 31 heavy (non-hydrogen) atoms. The lowest BCUT2D eigenvalue weighted by Crippen LogP contribution is -2.47. The smallest absolute Gasteiger partial charge is 0.193 e. The molecule has 2 aromatic rings. The molecule has 0 spiro atoms. The van der Waals surface area contributed by atoms with Crippen LogP contribution in [0.25, 0.3) is 0 Å². The molecular weight excluding hydrogens is 388 g/mol. The number of rotatable bonds is 6. The summed E-state index contributed by atoms with van der Waals surface area (Å²) >= 11 is 0. The second-order valence-electron chi connectivity index (χ2n) is 8.21. The number of benzene rings is 2. The van der Waals surface area contributed by atoms with Gasteiger partial charge >= 0.3 is 0 Å². The summed E-state index contributed by atoms with van der Waals surface area (Å²) in [7, 11) is 3.59. The topological polar surface area (TPSA) is 49.3 Å². The molecule has 6 nitrogen and oxygen atoms in total. The average Bonchev–Trinajstić information content (AvgIpc) is 3.33. The van der Waals surface area contributed by atoms with Crippen molar-refractivity contribution in [3.8, 4) is 5.75 Å². The average molecular weight is 423 g/mol. The van der Waals surface area contributed by atoms with Gasteiger partial charge in [-0.15, -0.1) is 0 Å². The maximum Gasteiger partial charge on any atom is 0.193 e. The fourth-order valence-electron chi connectivity index (χ4n) is 4.64. The minimum Gasteiger partial charge on any atom is -0.497 e. The van der Waals surface area contributed by atoms with E-state index in [1.807, 2.05) is 19.2 Å². The highest BCUT2D eigenvalue weighted by Crippen LogP contribution is 2.27. The Bertz CT molecular complexity index is 834. The van der Waals surface area contributed by atoms with Gasteiger partial charge in [0, 0.05) is 45.7 Å². The Morgan fingerprint density at radius 2 is 1.84 bits per heavy atom. The maximum atomic E-state index is 5.59. The van der Waals surface area contributed by atoms with Crippen LogP contribution in [0.1, 0.15) is 29.5 Å². The molecule has 166 valence electrons. The quantitative estimate of drug-likeness (QED) is 0.573. The zero-order valence-electron chi connectivity index (χ0n) is 18.7. The van der Waals surface area contributed by atoms with Crippen LogP contribution in [0.5, 0.6) is 5.75 Å². The molecule has 2 atom stereocenters. The fourth-order valence-corrected chi connectivity index (χ4v) is 4.64. The van der Waals surface area contributed by atoms with Crippen LogP contribution in [-0.2, 0) is 4.74 Å². The van der Waals surface area contributed by atoms with Crippen molar-refractivity contribution in [3.63, 3.8) is 0 Å².